The highest BCUT2D eigenvalue weighted by Crippen LogP contribution is 2.43. The maximum atomic E-state index is 12.7. The van der Waals surface area contributed by atoms with E-state index in [1.807, 2.05) is 0 Å². The predicted octanol–water partition coefficient (Wildman–Crippen LogP) is 2.64. The maximum Gasteiger partial charge on any atom is 0.328 e. The number of nitro benzene ring substituents is 1. The molecule has 1 aliphatic rings. The average Bonchev–Trinajstić information content (AvgIpc) is 2.61. The van der Waals surface area contributed by atoms with Crippen LogP contribution in [0.1, 0.15) is 29.6 Å². The molecule has 0 radical (unpaired) electrons. The van der Waals surface area contributed by atoms with Crippen LogP contribution in [0.3, 0.4) is 0 Å². The van der Waals surface area contributed by atoms with Gasteiger partial charge in [0.05, 0.1) is 17.1 Å². The van der Waals surface area contributed by atoms with E-state index in [9.17, 15) is 24.8 Å². The first kappa shape index (κ1) is 18.8. The van der Waals surface area contributed by atoms with Crippen LogP contribution in [0.4, 0.5) is 10.5 Å². The first-order valence-corrected chi connectivity index (χ1v) is 7.98. The summed E-state index contributed by atoms with van der Waals surface area (Å²) in [6.45, 7) is 1.03. The summed E-state index contributed by atoms with van der Waals surface area (Å²) in [6, 6.07) is 0.529. The van der Waals surface area contributed by atoms with Crippen LogP contribution in [-0.4, -0.2) is 59.0 Å². The molecule has 136 valence electrons. The van der Waals surface area contributed by atoms with Crippen molar-refractivity contribution >= 4 is 29.2 Å². The van der Waals surface area contributed by atoms with Crippen molar-refractivity contribution in [1.82, 2.24) is 9.80 Å². The quantitative estimate of drug-likeness (QED) is 0.645. The number of aromatic hydroxyl groups is 1. The second kappa shape index (κ2) is 7.56. The van der Waals surface area contributed by atoms with Crippen LogP contribution < -0.4 is 4.74 Å². The van der Waals surface area contributed by atoms with Crippen molar-refractivity contribution < 1.29 is 24.4 Å². The highest BCUT2D eigenvalue weighted by atomic mass is 35.5. The molecular weight excluding hydrogens is 354 g/mol. The van der Waals surface area contributed by atoms with Gasteiger partial charge in [0.2, 0.25) is 5.75 Å². The number of phenolic OH excluding ortho intramolecular Hbond substituents is 1. The van der Waals surface area contributed by atoms with Crippen molar-refractivity contribution in [2.24, 2.45) is 0 Å². The summed E-state index contributed by atoms with van der Waals surface area (Å²) in [5.74, 6) is -2.03. The molecular formula is C15H18ClN3O6. The van der Waals surface area contributed by atoms with E-state index in [2.05, 4.69) is 0 Å². The number of hydrogen-bond acceptors (Lipinski definition) is 6. The zero-order chi connectivity index (χ0) is 18.7. The number of ether oxygens (including phenoxy) is 1. The highest BCUT2D eigenvalue weighted by Gasteiger charge is 2.35. The molecule has 1 saturated heterocycles. The van der Waals surface area contributed by atoms with E-state index in [0.717, 1.165) is 30.2 Å². The summed E-state index contributed by atoms with van der Waals surface area (Å²) in [6.07, 6.45) is 2.67. The number of carbonyl (C=O) groups excluding carboxylic acids is 2. The Morgan fingerprint density at radius 3 is 2.48 bits per heavy atom. The number of urea groups is 1. The molecule has 1 aromatic rings. The summed E-state index contributed by atoms with van der Waals surface area (Å²) in [5.41, 5.74) is -1.45. The number of imide groups is 1. The minimum atomic E-state index is -0.967. The van der Waals surface area contributed by atoms with Crippen LogP contribution in [0.25, 0.3) is 0 Å². The minimum Gasteiger partial charge on any atom is -0.499 e. The SMILES string of the molecule is COc1cc(Cl)c(C(=O)N(C)C(=O)N2CCCCC2)c([N+](=O)[O-])c1O. The molecule has 1 N–H and O–H groups in total. The van der Waals surface area contributed by atoms with Crippen molar-refractivity contribution in [2.45, 2.75) is 19.3 Å². The third kappa shape index (κ3) is 3.60. The number of nitrogens with zero attached hydrogens (tertiary/aromatic N) is 3. The Hall–Kier alpha value is -2.55. The normalized spacial score (nSPS) is 14.1. The minimum absolute atomic E-state index is 0.238. The third-order valence-corrected chi connectivity index (χ3v) is 4.32. The number of rotatable bonds is 3. The number of phenols is 1. The van der Waals surface area contributed by atoms with Gasteiger partial charge in [0.1, 0.15) is 5.56 Å². The van der Waals surface area contributed by atoms with Crippen LogP contribution in [0.15, 0.2) is 6.07 Å². The first-order valence-electron chi connectivity index (χ1n) is 7.60. The average molecular weight is 372 g/mol. The fourth-order valence-electron chi connectivity index (χ4n) is 2.69. The van der Waals surface area contributed by atoms with Gasteiger partial charge in [-0.05, 0) is 19.3 Å². The molecule has 0 atom stereocenters. The molecule has 0 bridgehead atoms. The summed E-state index contributed by atoms with van der Waals surface area (Å²) in [7, 11) is 2.42. The second-order valence-electron chi connectivity index (χ2n) is 5.58. The Morgan fingerprint density at radius 2 is 1.96 bits per heavy atom. The molecule has 0 spiro atoms. The Morgan fingerprint density at radius 1 is 1.36 bits per heavy atom. The van der Waals surface area contributed by atoms with Gasteiger partial charge in [-0.25, -0.2) is 4.79 Å². The van der Waals surface area contributed by atoms with Gasteiger partial charge in [-0.3, -0.25) is 19.8 Å². The van der Waals surface area contributed by atoms with Crippen molar-refractivity contribution in [3.63, 3.8) is 0 Å². The monoisotopic (exact) mass is 371 g/mol. The lowest BCUT2D eigenvalue weighted by atomic mass is 10.1. The summed E-state index contributed by atoms with van der Waals surface area (Å²) >= 11 is 5.99. The fourth-order valence-corrected chi connectivity index (χ4v) is 2.96. The molecule has 2 rings (SSSR count). The zero-order valence-electron chi connectivity index (χ0n) is 13.8. The van der Waals surface area contributed by atoms with E-state index < -0.39 is 33.9 Å². The predicted molar refractivity (Wildman–Crippen MR) is 89.2 cm³/mol. The van der Waals surface area contributed by atoms with Crippen molar-refractivity contribution in [1.29, 1.82) is 0 Å². The number of nitro groups is 1. The van der Waals surface area contributed by atoms with E-state index >= 15 is 0 Å². The third-order valence-electron chi connectivity index (χ3n) is 4.03. The molecule has 0 aliphatic carbocycles. The van der Waals surface area contributed by atoms with Gasteiger partial charge in [0.25, 0.3) is 5.91 Å². The van der Waals surface area contributed by atoms with Crippen molar-refractivity contribution in [2.75, 3.05) is 27.2 Å². The lowest BCUT2D eigenvalue weighted by Gasteiger charge is -2.30. The Balaban J connectivity index is 2.42. The molecule has 1 aliphatic heterocycles. The summed E-state index contributed by atoms with van der Waals surface area (Å²) in [4.78, 5) is 37.8. The van der Waals surface area contributed by atoms with Crippen LogP contribution in [0, 0.1) is 10.1 Å². The van der Waals surface area contributed by atoms with Crippen LogP contribution >= 0.6 is 11.6 Å². The van der Waals surface area contributed by atoms with Crippen molar-refractivity contribution in [3.8, 4) is 11.5 Å². The number of carbonyl (C=O) groups is 2. The van der Waals surface area contributed by atoms with Crippen molar-refractivity contribution in [3.05, 3.63) is 26.8 Å². The molecule has 25 heavy (non-hydrogen) atoms. The van der Waals surface area contributed by atoms with E-state index in [1.165, 1.54) is 19.1 Å². The smallest absolute Gasteiger partial charge is 0.328 e. The number of likely N-dealkylation sites (tertiary alicyclic amines) is 1. The molecule has 1 aromatic carbocycles. The fraction of sp³-hybridized carbons (Fsp3) is 0.467. The van der Waals surface area contributed by atoms with Crippen LogP contribution in [0.2, 0.25) is 5.02 Å². The van der Waals surface area contributed by atoms with Crippen LogP contribution in [-0.2, 0) is 0 Å². The number of methoxy groups -OCH3 is 1. The first-order chi connectivity index (χ1) is 11.8. The molecule has 0 aromatic heterocycles. The molecule has 0 saturated carbocycles. The molecule has 0 unspecified atom stereocenters. The number of amides is 3. The molecule has 1 fully saturated rings. The standard InChI is InChI=1S/C15H18ClN3O6/c1-17(15(22)18-6-4-3-5-7-18)14(21)11-9(16)8-10(25-2)13(20)12(11)19(23)24/h8,20H,3-7H2,1-2H3. The van der Waals surface area contributed by atoms with Gasteiger partial charge in [-0.1, -0.05) is 11.6 Å². The molecule has 1 heterocycles. The Bertz CT molecular complexity index is 718. The molecule has 10 heteroatoms. The summed E-state index contributed by atoms with van der Waals surface area (Å²) < 4.78 is 4.82. The largest absolute Gasteiger partial charge is 0.499 e. The second-order valence-corrected chi connectivity index (χ2v) is 5.99. The van der Waals surface area contributed by atoms with Gasteiger partial charge in [0, 0.05) is 26.2 Å². The highest BCUT2D eigenvalue weighted by molar-refractivity contribution is 6.35. The lowest BCUT2D eigenvalue weighted by molar-refractivity contribution is -0.386. The van der Waals surface area contributed by atoms with E-state index in [-0.39, 0.29) is 10.8 Å². The lowest BCUT2D eigenvalue weighted by Crippen LogP contribution is -2.46. The van der Waals surface area contributed by atoms with E-state index in [4.69, 9.17) is 16.3 Å². The van der Waals surface area contributed by atoms with Gasteiger partial charge in [0.15, 0.2) is 5.75 Å². The number of halogens is 1. The number of hydrogen-bond donors (Lipinski definition) is 1. The number of piperidine rings is 1. The number of benzene rings is 1. The summed E-state index contributed by atoms with van der Waals surface area (Å²) in [5, 5.41) is 21.0. The van der Waals surface area contributed by atoms with Gasteiger partial charge in [-0.15, -0.1) is 0 Å². The molecule has 9 nitrogen and oxygen atoms in total. The van der Waals surface area contributed by atoms with Crippen LogP contribution in [0.5, 0.6) is 11.5 Å². The maximum absolute atomic E-state index is 12.7. The zero-order valence-corrected chi connectivity index (χ0v) is 14.6. The Kier molecular flexibility index (Phi) is 5.68. The molecule has 3 amide bonds. The topological polar surface area (TPSA) is 113 Å². The van der Waals surface area contributed by atoms with E-state index in [0.29, 0.717) is 13.1 Å². The van der Waals surface area contributed by atoms with Gasteiger partial charge >= 0.3 is 11.7 Å². The van der Waals surface area contributed by atoms with Gasteiger partial charge in [-0.2, -0.15) is 0 Å². The Labute approximate surface area is 148 Å². The van der Waals surface area contributed by atoms with Gasteiger partial charge < -0.3 is 14.7 Å². The van der Waals surface area contributed by atoms with E-state index in [1.54, 1.807) is 0 Å².